The van der Waals surface area contributed by atoms with E-state index in [1.807, 2.05) is 0 Å². The van der Waals surface area contributed by atoms with Gasteiger partial charge in [-0.25, -0.2) is 4.57 Å². The molecule has 0 saturated carbocycles. The smallest absolute Gasteiger partial charge is 0.303 e. The van der Waals surface area contributed by atoms with Crippen LogP contribution in [-0.2, 0) is 9.09 Å². The molecule has 0 radical (unpaired) electrons. The molecule has 0 unspecified atom stereocenters. The molecule has 4 nitrogen and oxygen atoms in total. The average molecular weight is 383 g/mol. The van der Waals surface area contributed by atoms with E-state index in [1.165, 1.54) is 83.5 Å². The van der Waals surface area contributed by atoms with Gasteiger partial charge in [0.2, 0.25) is 0 Å². The number of rotatable bonds is 19. The number of unbranched alkanes of at least 4 members (excludes halogenated alkanes) is 15. The fourth-order valence-corrected chi connectivity index (χ4v) is 3.46. The summed E-state index contributed by atoms with van der Waals surface area (Å²) in [4.78, 5) is 17.1. The summed E-state index contributed by atoms with van der Waals surface area (Å²) >= 11 is 4.23. The maximum absolute atomic E-state index is 10.5. The Hall–Kier alpha value is 0.460. The number of phosphoric ester groups is 1. The van der Waals surface area contributed by atoms with Gasteiger partial charge in [0.05, 0.1) is 6.61 Å². The third kappa shape index (κ3) is 22.5. The third-order valence-corrected chi connectivity index (χ3v) is 5.15. The van der Waals surface area contributed by atoms with Gasteiger partial charge < -0.3 is 9.79 Å². The molecular weight excluding hydrogens is 343 g/mol. The van der Waals surface area contributed by atoms with Gasteiger partial charge in [-0.3, -0.25) is 4.52 Å². The zero-order valence-corrected chi connectivity index (χ0v) is 17.1. The predicted octanol–water partition coefficient (Wildman–Crippen LogP) is 6.27. The highest BCUT2D eigenvalue weighted by atomic mass is 32.1. The minimum atomic E-state index is -4.26. The standard InChI is InChI=1S/C18H39O4PS/c19-23(20,21)22-17-15-13-11-9-7-5-3-1-2-4-6-8-10-12-14-16-18-24/h24H,1-18H2,(H2,19,20,21). The molecule has 6 heteroatoms. The van der Waals surface area contributed by atoms with Gasteiger partial charge in [-0.05, 0) is 18.6 Å². The quantitative estimate of drug-likeness (QED) is 0.140. The Balaban J connectivity index is 3.02. The number of thiol groups is 1. The fraction of sp³-hybridized carbons (Fsp3) is 1.00. The third-order valence-electron chi connectivity index (χ3n) is 4.31. The largest absolute Gasteiger partial charge is 0.469 e. The Morgan fingerprint density at radius 2 is 0.875 bits per heavy atom. The second-order valence-corrected chi connectivity index (χ2v) is 8.39. The van der Waals surface area contributed by atoms with Gasteiger partial charge in [-0.1, -0.05) is 89.9 Å². The van der Waals surface area contributed by atoms with Crippen molar-refractivity contribution in [1.29, 1.82) is 0 Å². The van der Waals surface area contributed by atoms with E-state index in [-0.39, 0.29) is 6.61 Å². The van der Waals surface area contributed by atoms with E-state index in [4.69, 9.17) is 9.79 Å². The summed E-state index contributed by atoms with van der Waals surface area (Å²) in [5.41, 5.74) is 0. The molecule has 0 heterocycles. The zero-order valence-electron chi connectivity index (χ0n) is 15.3. The Morgan fingerprint density at radius 1 is 0.583 bits per heavy atom. The van der Waals surface area contributed by atoms with Crippen LogP contribution in [0.4, 0.5) is 0 Å². The van der Waals surface area contributed by atoms with Gasteiger partial charge in [0.1, 0.15) is 0 Å². The van der Waals surface area contributed by atoms with Crippen molar-refractivity contribution in [3.8, 4) is 0 Å². The van der Waals surface area contributed by atoms with E-state index in [2.05, 4.69) is 17.2 Å². The van der Waals surface area contributed by atoms with Crippen LogP contribution < -0.4 is 0 Å². The summed E-state index contributed by atoms with van der Waals surface area (Å²) < 4.78 is 14.9. The van der Waals surface area contributed by atoms with E-state index in [0.29, 0.717) is 0 Å². The average Bonchev–Trinajstić information content (AvgIpc) is 2.52. The molecule has 0 aliphatic rings. The molecule has 2 N–H and O–H groups in total. The summed E-state index contributed by atoms with van der Waals surface area (Å²) in [6.07, 6.45) is 20.4. The first-order valence-electron chi connectivity index (χ1n) is 9.87. The molecule has 0 amide bonds. The topological polar surface area (TPSA) is 66.8 Å². The first-order chi connectivity index (χ1) is 11.6. The van der Waals surface area contributed by atoms with Crippen molar-refractivity contribution in [2.45, 2.75) is 103 Å². The van der Waals surface area contributed by atoms with E-state index in [0.717, 1.165) is 25.0 Å². The van der Waals surface area contributed by atoms with Crippen LogP contribution in [0.15, 0.2) is 0 Å². The molecule has 0 fully saturated rings. The molecule has 0 aliphatic heterocycles. The highest BCUT2D eigenvalue weighted by Gasteiger charge is 2.12. The number of hydrogen-bond acceptors (Lipinski definition) is 3. The van der Waals surface area contributed by atoms with Gasteiger partial charge in [0.25, 0.3) is 0 Å². The van der Waals surface area contributed by atoms with Crippen LogP contribution in [0.1, 0.15) is 103 Å². The van der Waals surface area contributed by atoms with Crippen LogP contribution in [0.5, 0.6) is 0 Å². The first kappa shape index (κ1) is 24.5. The van der Waals surface area contributed by atoms with Gasteiger partial charge in [-0.15, -0.1) is 0 Å². The summed E-state index contributed by atoms with van der Waals surface area (Å²) in [7, 11) is -4.26. The van der Waals surface area contributed by atoms with Crippen molar-refractivity contribution >= 4 is 20.5 Å². The Bertz CT molecular complexity index is 297. The second kappa shape index (κ2) is 18.3. The molecule has 24 heavy (non-hydrogen) atoms. The summed E-state index contributed by atoms with van der Waals surface area (Å²) in [5.74, 6) is 1.03. The minimum Gasteiger partial charge on any atom is -0.303 e. The number of hydrogen-bond donors (Lipinski definition) is 3. The lowest BCUT2D eigenvalue weighted by Crippen LogP contribution is -1.92. The predicted molar refractivity (Wildman–Crippen MR) is 106 cm³/mol. The van der Waals surface area contributed by atoms with Crippen molar-refractivity contribution in [2.75, 3.05) is 12.4 Å². The molecule has 0 rings (SSSR count). The molecule has 0 atom stereocenters. The van der Waals surface area contributed by atoms with Gasteiger partial charge in [-0.2, -0.15) is 12.6 Å². The van der Waals surface area contributed by atoms with Gasteiger partial charge >= 0.3 is 7.82 Å². The molecule has 0 spiro atoms. The molecule has 0 aromatic rings. The highest BCUT2D eigenvalue weighted by molar-refractivity contribution is 7.80. The lowest BCUT2D eigenvalue weighted by atomic mass is 10.0. The van der Waals surface area contributed by atoms with E-state index >= 15 is 0 Å². The SMILES string of the molecule is O=P(O)(O)OCCCCCCCCCCCCCCCCCCS. The van der Waals surface area contributed by atoms with Gasteiger partial charge in [0, 0.05) is 0 Å². The van der Waals surface area contributed by atoms with Crippen LogP contribution in [-0.4, -0.2) is 22.1 Å². The fourth-order valence-electron chi connectivity index (χ4n) is 2.87. The molecule has 0 saturated heterocycles. The van der Waals surface area contributed by atoms with Crippen molar-refractivity contribution in [2.24, 2.45) is 0 Å². The normalized spacial score (nSPS) is 12.0. The van der Waals surface area contributed by atoms with Crippen LogP contribution in [0.3, 0.4) is 0 Å². The minimum absolute atomic E-state index is 0.166. The van der Waals surface area contributed by atoms with Gasteiger partial charge in [0.15, 0.2) is 0 Å². The summed E-state index contributed by atoms with van der Waals surface area (Å²) in [5, 5.41) is 0. The molecular formula is C18H39O4PS. The zero-order chi connectivity index (χ0) is 17.9. The van der Waals surface area contributed by atoms with Crippen LogP contribution in [0.25, 0.3) is 0 Å². The molecule has 0 aliphatic carbocycles. The van der Waals surface area contributed by atoms with Crippen LogP contribution in [0, 0.1) is 0 Å². The molecule has 0 aromatic heterocycles. The Morgan fingerprint density at radius 3 is 1.17 bits per heavy atom. The summed E-state index contributed by atoms with van der Waals surface area (Å²) in [6, 6.07) is 0. The summed E-state index contributed by atoms with van der Waals surface area (Å²) in [6.45, 7) is 0.166. The molecule has 0 bridgehead atoms. The first-order valence-corrected chi connectivity index (χ1v) is 12.0. The molecule has 0 aromatic carbocycles. The van der Waals surface area contributed by atoms with Crippen LogP contribution >= 0.6 is 20.5 Å². The van der Waals surface area contributed by atoms with E-state index < -0.39 is 7.82 Å². The second-order valence-electron chi connectivity index (χ2n) is 6.70. The monoisotopic (exact) mass is 382 g/mol. The van der Waals surface area contributed by atoms with Crippen LogP contribution in [0.2, 0.25) is 0 Å². The van der Waals surface area contributed by atoms with E-state index in [9.17, 15) is 4.57 Å². The van der Waals surface area contributed by atoms with Crippen molar-refractivity contribution in [1.82, 2.24) is 0 Å². The Labute approximate surface area is 154 Å². The highest BCUT2D eigenvalue weighted by Crippen LogP contribution is 2.35. The number of phosphoric acid groups is 1. The van der Waals surface area contributed by atoms with Crippen molar-refractivity contribution in [3.63, 3.8) is 0 Å². The molecule has 146 valence electrons. The van der Waals surface area contributed by atoms with Crippen molar-refractivity contribution < 1.29 is 18.9 Å². The van der Waals surface area contributed by atoms with E-state index in [1.54, 1.807) is 0 Å². The lowest BCUT2D eigenvalue weighted by Gasteiger charge is -2.05. The van der Waals surface area contributed by atoms with Crippen molar-refractivity contribution in [3.05, 3.63) is 0 Å². The Kier molecular flexibility index (Phi) is 18.6. The lowest BCUT2D eigenvalue weighted by molar-refractivity contribution is 0.193. The maximum Gasteiger partial charge on any atom is 0.469 e. The maximum atomic E-state index is 10.5.